The van der Waals surface area contributed by atoms with E-state index in [2.05, 4.69) is 15.1 Å². The zero-order valence-electron chi connectivity index (χ0n) is 21.3. The molecule has 1 unspecified atom stereocenters. The van der Waals surface area contributed by atoms with Crippen molar-refractivity contribution in [3.63, 3.8) is 0 Å². The Morgan fingerprint density at radius 3 is 2.38 bits per heavy atom. The zero-order valence-corrected chi connectivity index (χ0v) is 21.3. The lowest BCUT2D eigenvalue weighted by atomic mass is 9.98. The van der Waals surface area contributed by atoms with Gasteiger partial charge < -0.3 is 15.1 Å². The van der Waals surface area contributed by atoms with Crippen LogP contribution in [-0.4, -0.2) is 71.6 Å². The fourth-order valence-corrected chi connectivity index (χ4v) is 4.47. The van der Waals surface area contributed by atoms with Gasteiger partial charge in [-0.2, -0.15) is 13.9 Å². The highest BCUT2D eigenvalue weighted by molar-refractivity contribution is 5.83. The summed E-state index contributed by atoms with van der Waals surface area (Å²) in [4.78, 5) is 17.6. The van der Waals surface area contributed by atoms with Crippen molar-refractivity contribution < 1.29 is 27.8 Å². The molecular formula is C26H27F4N7O2. The lowest BCUT2D eigenvalue weighted by Crippen LogP contribution is -2.46. The van der Waals surface area contributed by atoms with E-state index >= 15 is 0 Å². The number of benzene rings is 1. The van der Waals surface area contributed by atoms with Gasteiger partial charge in [0.05, 0.1) is 29.2 Å². The van der Waals surface area contributed by atoms with Crippen LogP contribution < -0.4 is 4.90 Å². The second-order valence-electron chi connectivity index (χ2n) is 10.0. The average Bonchev–Trinajstić information content (AvgIpc) is 3.39. The Morgan fingerprint density at radius 1 is 1.00 bits per heavy atom. The van der Waals surface area contributed by atoms with Crippen LogP contribution in [0.5, 0.6) is 0 Å². The molecule has 3 aromatic heterocycles. The molecule has 2 N–H and O–H groups in total. The van der Waals surface area contributed by atoms with Crippen molar-refractivity contribution in [1.29, 1.82) is 0 Å². The molecular weight excluding hydrogens is 518 g/mol. The number of nitrogens with zero attached hydrogens (tertiary/aromatic N) is 7. The van der Waals surface area contributed by atoms with Gasteiger partial charge in [0.15, 0.2) is 5.82 Å². The van der Waals surface area contributed by atoms with E-state index in [1.165, 1.54) is 50.6 Å². The molecule has 1 aromatic carbocycles. The SMILES string of the molecule is CC(C)(O)C(O)c1cc2nc(N3CCN(Cc4ccc(F)cc4F)CC3)c(-c3cnn(C(F)F)c3)nc2cn1. The van der Waals surface area contributed by atoms with Crippen LogP contribution in [0, 0.1) is 11.6 Å². The summed E-state index contributed by atoms with van der Waals surface area (Å²) in [7, 11) is 0. The van der Waals surface area contributed by atoms with Crippen molar-refractivity contribution in [2.24, 2.45) is 0 Å². The second-order valence-corrected chi connectivity index (χ2v) is 10.0. The Morgan fingerprint density at radius 2 is 1.74 bits per heavy atom. The molecule has 5 rings (SSSR count). The predicted octanol–water partition coefficient (Wildman–Crippen LogP) is 3.69. The third-order valence-electron chi connectivity index (χ3n) is 6.66. The van der Waals surface area contributed by atoms with E-state index < -0.39 is 29.9 Å². The van der Waals surface area contributed by atoms with Crippen LogP contribution in [0.1, 0.15) is 37.8 Å². The summed E-state index contributed by atoms with van der Waals surface area (Å²) in [6, 6.07) is 5.05. The summed E-state index contributed by atoms with van der Waals surface area (Å²) in [5.41, 5.74) is 0.609. The molecule has 13 heteroatoms. The maximum absolute atomic E-state index is 14.2. The molecule has 206 valence electrons. The Hall–Kier alpha value is -3.68. The van der Waals surface area contributed by atoms with E-state index in [0.29, 0.717) is 71.1 Å². The average molecular weight is 546 g/mol. The van der Waals surface area contributed by atoms with Crippen molar-refractivity contribution in [3.05, 3.63) is 65.7 Å². The summed E-state index contributed by atoms with van der Waals surface area (Å²) in [6.07, 6.45) is 2.62. The minimum absolute atomic E-state index is 0.208. The number of alkyl halides is 2. The first kappa shape index (κ1) is 26.9. The molecule has 1 fully saturated rings. The number of halogens is 4. The van der Waals surface area contributed by atoms with Gasteiger partial charge in [0.25, 0.3) is 0 Å². The molecule has 4 aromatic rings. The van der Waals surface area contributed by atoms with E-state index in [1.807, 2.05) is 9.80 Å². The molecule has 1 aliphatic rings. The number of aliphatic hydroxyl groups excluding tert-OH is 1. The maximum Gasteiger partial charge on any atom is 0.333 e. The van der Waals surface area contributed by atoms with Crippen LogP contribution >= 0.6 is 0 Å². The number of pyridine rings is 1. The van der Waals surface area contributed by atoms with Gasteiger partial charge in [0.2, 0.25) is 0 Å². The van der Waals surface area contributed by atoms with Crippen LogP contribution in [-0.2, 0) is 6.54 Å². The third-order valence-corrected chi connectivity index (χ3v) is 6.66. The van der Waals surface area contributed by atoms with E-state index in [-0.39, 0.29) is 5.69 Å². The monoisotopic (exact) mass is 545 g/mol. The van der Waals surface area contributed by atoms with Crippen LogP contribution in [0.25, 0.3) is 22.3 Å². The number of fused-ring (bicyclic) bond motifs is 1. The van der Waals surface area contributed by atoms with Gasteiger partial charge in [-0.1, -0.05) is 6.07 Å². The third kappa shape index (κ3) is 5.70. The molecule has 0 saturated carbocycles. The maximum atomic E-state index is 14.2. The molecule has 4 heterocycles. The highest BCUT2D eigenvalue weighted by Crippen LogP contribution is 2.32. The van der Waals surface area contributed by atoms with Crippen LogP contribution in [0.4, 0.5) is 23.4 Å². The Kier molecular flexibility index (Phi) is 7.23. The number of aliphatic hydroxyl groups is 2. The lowest BCUT2D eigenvalue weighted by molar-refractivity contribution is -0.0516. The Labute approximate surface area is 221 Å². The minimum Gasteiger partial charge on any atom is -0.387 e. The minimum atomic E-state index is -2.82. The topological polar surface area (TPSA) is 103 Å². The van der Waals surface area contributed by atoms with Gasteiger partial charge in [-0.15, -0.1) is 0 Å². The molecule has 0 spiro atoms. The number of piperazine rings is 1. The van der Waals surface area contributed by atoms with Gasteiger partial charge in [-0.25, -0.2) is 23.4 Å². The first-order valence-electron chi connectivity index (χ1n) is 12.3. The predicted molar refractivity (Wildman–Crippen MR) is 135 cm³/mol. The van der Waals surface area contributed by atoms with E-state index in [1.54, 1.807) is 0 Å². The van der Waals surface area contributed by atoms with E-state index in [4.69, 9.17) is 4.98 Å². The Balaban J connectivity index is 1.47. The fourth-order valence-electron chi connectivity index (χ4n) is 4.47. The largest absolute Gasteiger partial charge is 0.387 e. The number of rotatable bonds is 7. The standard InChI is InChI=1S/C26H27F4N7O2/c1-26(2,39)23(38)20-10-19-21(12-31-20)33-22(16-11-32-37(14-16)25(29)30)24(34-19)36-7-5-35(6-8-36)13-15-3-4-17(27)9-18(15)28/h3-4,9-12,14,23,25,38-39H,5-8,13H2,1-2H3. The fraction of sp³-hybridized carbons (Fsp3) is 0.385. The molecule has 39 heavy (non-hydrogen) atoms. The van der Waals surface area contributed by atoms with Crippen molar-refractivity contribution in [2.75, 3.05) is 31.1 Å². The van der Waals surface area contributed by atoms with Gasteiger partial charge in [-0.3, -0.25) is 9.88 Å². The smallest absolute Gasteiger partial charge is 0.333 e. The van der Waals surface area contributed by atoms with E-state index in [9.17, 15) is 27.8 Å². The van der Waals surface area contributed by atoms with Crippen LogP contribution in [0.3, 0.4) is 0 Å². The highest BCUT2D eigenvalue weighted by atomic mass is 19.3. The first-order valence-corrected chi connectivity index (χ1v) is 12.3. The molecule has 0 aliphatic carbocycles. The first-order chi connectivity index (χ1) is 18.5. The molecule has 0 radical (unpaired) electrons. The van der Waals surface area contributed by atoms with Crippen molar-refractivity contribution in [2.45, 2.75) is 38.6 Å². The number of anilines is 1. The second kappa shape index (κ2) is 10.5. The summed E-state index contributed by atoms with van der Waals surface area (Å²) in [5, 5.41) is 24.4. The van der Waals surface area contributed by atoms with Gasteiger partial charge in [0, 0.05) is 56.1 Å². The quantitative estimate of drug-likeness (QED) is 0.339. The summed E-state index contributed by atoms with van der Waals surface area (Å²) in [6.45, 7) is 2.42. The summed E-state index contributed by atoms with van der Waals surface area (Å²) >= 11 is 0. The molecule has 0 amide bonds. The Bertz CT molecular complexity index is 1480. The van der Waals surface area contributed by atoms with Crippen LogP contribution in [0.2, 0.25) is 0 Å². The van der Waals surface area contributed by atoms with Crippen LogP contribution in [0.15, 0.2) is 42.9 Å². The summed E-state index contributed by atoms with van der Waals surface area (Å²) in [5.74, 6) is -0.806. The normalized spacial score (nSPS) is 15.9. The summed E-state index contributed by atoms with van der Waals surface area (Å²) < 4.78 is 54.4. The number of aromatic nitrogens is 5. The van der Waals surface area contributed by atoms with Gasteiger partial charge in [-0.05, 0) is 26.0 Å². The van der Waals surface area contributed by atoms with Gasteiger partial charge in [0.1, 0.15) is 28.9 Å². The van der Waals surface area contributed by atoms with E-state index in [0.717, 1.165) is 6.07 Å². The van der Waals surface area contributed by atoms with Crippen molar-refractivity contribution in [1.82, 2.24) is 29.6 Å². The highest BCUT2D eigenvalue weighted by Gasteiger charge is 2.29. The molecule has 1 aliphatic heterocycles. The molecule has 1 atom stereocenters. The lowest BCUT2D eigenvalue weighted by Gasteiger charge is -2.36. The number of hydrogen-bond acceptors (Lipinski definition) is 8. The molecule has 1 saturated heterocycles. The van der Waals surface area contributed by atoms with Crippen molar-refractivity contribution in [3.8, 4) is 11.3 Å². The zero-order chi connectivity index (χ0) is 27.9. The number of hydrogen-bond donors (Lipinski definition) is 2. The molecule has 9 nitrogen and oxygen atoms in total. The van der Waals surface area contributed by atoms with Gasteiger partial charge >= 0.3 is 6.55 Å². The molecule has 0 bridgehead atoms. The van der Waals surface area contributed by atoms with Crippen molar-refractivity contribution >= 4 is 16.9 Å².